The van der Waals surface area contributed by atoms with Gasteiger partial charge in [-0.1, -0.05) is 11.8 Å². The number of nitrogens with zero attached hydrogens (tertiary/aromatic N) is 2. The number of anilines is 1. The van der Waals surface area contributed by atoms with Gasteiger partial charge in [-0.15, -0.1) is 23.4 Å². The van der Waals surface area contributed by atoms with Gasteiger partial charge in [-0.3, -0.25) is 14.5 Å². The zero-order valence-electron chi connectivity index (χ0n) is 15.5. The number of hydrogen-bond donors (Lipinski definition) is 2. The van der Waals surface area contributed by atoms with Gasteiger partial charge in [0.05, 0.1) is 28.2 Å². The topological polar surface area (TPSA) is 66.4 Å². The summed E-state index contributed by atoms with van der Waals surface area (Å²) < 4.78 is 39.0. The second kappa shape index (κ2) is 9.43. The fourth-order valence-corrected chi connectivity index (χ4v) is 4.84. The van der Waals surface area contributed by atoms with Crippen LogP contribution in [-0.2, 0) is 11.3 Å². The highest BCUT2D eigenvalue weighted by Crippen LogP contribution is 2.41. The summed E-state index contributed by atoms with van der Waals surface area (Å²) in [5.41, 5.74) is -1.23. The minimum atomic E-state index is -2.83. The molecule has 29 heavy (non-hydrogen) atoms. The lowest BCUT2D eigenvalue weighted by molar-refractivity contribution is -0.115. The van der Waals surface area contributed by atoms with Crippen molar-refractivity contribution in [1.82, 2.24) is 14.8 Å². The molecule has 4 unspecified atom stereocenters. The van der Waals surface area contributed by atoms with E-state index in [9.17, 15) is 22.8 Å². The Balaban J connectivity index is 1.65. The maximum Gasteiger partial charge on any atom is 0.286 e. The van der Waals surface area contributed by atoms with Gasteiger partial charge in [0, 0.05) is 31.4 Å². The number of amides is 1. The Morgan fingerprint density at radius 3 is 2.90 bits per heavy atom. The number of rotatable bonds is 4. The van der Waals surface area contributed by atoms with E-state index in [0.29, 0.717) is 11.0 Å². The normalized spacial score (nSPS) is 27.1. The maximum absolute atomic E-state index is 13.7. The highest BCUT2D eigenvalue weighted by Gasteiger charge is 2.37. The highest BCUT2D eigenvalue weighted by atomic mass is 35.5. The molecule has 2 N–H and O–H groups in total. The Hall–Kier alpha value is -1.67. The average Bonchev–Trinajstić information content (AvgIpc) is 3.22. The molecule has 158 valence electrons. The van der Waals surface area contributed by atoms with Crippen LogP contribution >= 0.6 is 23.4 Å². The summed E-state index contributed by atoms with van der Waals surface area (Å²) in [7, 11) is 1.96. The fraction of sp³-hybridized carbons (Fsp3) is 0.556. The van der Waals surface area contributed by atoms with Gasteiger partial charge in [0.2, 0.25) is 5.91 Å². The second-order valence-corrected chi connectivity index (χ2v) is 8.98. The number of halogens is 4. The van der Waals surface area contributed by atoms with Crippen molar-refractivity contribution in [2.45, 2.75) is 35.4 Å². The number of carbonyl (C=O) groups excluding carboxylic acids is 1. The third-order valence-electron chi connectivity index (χ3n) is 4.68. The first-order valence-electron chi connectivity index (χ1n) is 8.95. The summed E-state index contributed by atoms with van der Waals surface area (Å²) in [6, 6.07) is 0.913. The van der Waals surface area contributed by atoms with E-state index in [1.807, 2.05) is 7.05 Å². The lowest BCUT2D eigenvalue weighted by atomic mass is 10.0. The molecule has 0 aromatic carbocycles. The van der Waals surface area contributed by atoms with Crippen LogP contribution < -0.4 is 16.2 Å². The molecule has 3 heterocycles. The molecule has 1 aromatic heterocycles. The smallest absolute Gasteiger partial charge is 0.286 e. The average molecular weight is 449 g/mol. The number of carbonyl (C=O) groups is 1. The second-order valence-electron chi connectivity index (χ2n) is 6.91. The third-order valence-corrected chi connectivity index (χ3v) is 6.62. The summed E-state index contributed by atoms with van der Waals surface area (Å²) in [5.74, 6) is 4.49. The van der Waals surface area contributed by atoms with Crippen LogP contribution in [-0.4, -0.2) is 58.1 Å². The van der Waals surface area contributed by atoms with Crippen molar-refractivity contribution in [1.29, 1.82) is 0 Å². The van der Waals surface area contributed by atoms with E-state index >= 15 is 0 Å². The summed E-state index contributed by atoms with van der Waals surface area (Å²) in [6.45, 7) is 0.571. The lowest BCUT2D eigenvalue weighted by Gasteiger charge is -2.12. The van der Waals surface area contributed by atoms with Gasteiger partial charge >= 0.3 is 0 Å². The van der Waals surface area contributed by atoms with Crippen LogP contribution in [0.5, 0.6) is 0 Å². The predicted octanol–water partition coefficient (Wildman–Crippen LogP) is 1.74. The molecular formula is C18H20ClF3N4O2S. The minimum Gasteiger partial charge on any atom is -0.324 e. The highest BCUT2D eigenvalue weighted by molar-refractivity contribution is 8.02. The Morgan fingerprint density at radius 1 is 1.48 bits per heavy atom. The maximum atomic E-state index is 13.7. The molecule has 2 saturated heterocycles. The van der Waals surface area contributed by atoms with E-state index in [-0.39, 0.29) is 22.4 Å². The van der Waals surface area contributed by atoms with E-state index in [4.69, 9.17) is 11.6 Å². The molecule has 0 aliphatic carbocycles. The van der Waals surface area contributed by atoms with Crippen molar-refractivity contribution >= 4 is 35.0 Å². The van der Waals surface area contributed by atoms with Crippen molar-refractivity contribution in [3.8, 4) is 11.8 Å². The molecule has 0 saturated carbocycles. The first-order valence-corrected chi connectivity index (χ1v) is 10.3. The number of hydrogen-bond acceptors (Lipinski definition) is 5. The van der Waals surface area contributed by atoms with Crippen LogP contribution in [0, 0.1) is 23.6 Å². The number of likely N-dealkylation sites (N-methyl/N-ethyl adjacent to an activating group) is 1. The van der Waals surface area contributed by atoms with Crippen LogP contribution in [0.3, 0.4) is 0 Å². The molecule has 2 aliphatic heterocycles. The molecule has 1 amide bonds. The zero-order valence-corrected chi connectivity index (χ0v) is 17.1. The van der Waals surface area contributed by atoms with Crippen molar-refractivity contribution in [2.75, 3.05) is 25.6 Å². The van der Waals surface area contributed by atoms with Gasteiger partial charge in [-0.05, 0) is 13.5 Å². The van der Waals surface area contributed by atoms with Crippen LogP contribution in [0.15, 0.2) is 17.1 Å². The van der Waals surface area contributed by atoms with Gasteiger partial charge in [0.25, 0.3) is 12.0 Å². The van der Waals surface area contributed by atoms with Gasteiger partial charge in [-0.25, -0.2) is 13.2 Å². The van der Waals surface area contributed by atoms with Gasteiger partial charge < -0.3 is 15.2 Å². The molecule has 2 fully saturated rings. The molecular weight excluding hydrogens is 429 g/mol. The van der Waals surface area contributed by atoms with Crippen LogP contribution in [0.25, 0.3) is 0 Å². The number of pyridine rings is 1. The molecule has 1 aromatic rings. The largest absolute Gasteiger partial charge is 0.324 e. The summed E-state index contributed by atoms with van der Waals surface area (Å²) in [4.78, 5) is 26.2. The van der Waals surface area contributed by atoms with E-state index in [2.05, 4.69) is 27.4 Å². The fourth-order valence-electron chi connectivity index (χ4n) is 3.12. The monoisotopic (exact) mass is 448 g/mol. The minimum absolute atomic E-state index is 0.0624. The molecule has 0 bridgehead atoms. The predicted molar refractivity (Wildman–Crippen MR) is 107 cm³/mol. The molecule has 2 aliphatic rings. The Labute approximate surface area is 175 Å². The van der Waals surface area contributed by atoms with Crippen LogP contribution in [0.2, 0.25) is 0 Å². The molecule has 0 radical (unpaired) electrons. The van der Waals surface area contributed by atoms with Crippen LogP contribution in [0.4, 0.5) is 18.9 Å². The van der Waals surface area contributed by atoms with Crippen LogP contribution in [0.1, 0.15) is 6.42 Å². The Kier molecular flexibility index (Phi) is 7.16. The van der Waals surface area contributed by atoms with E-state index < -0.39 is 35.5 Å². The first kappa shape index (κ1) is 22.0. The summed E-state index contributed by atoms with van der Waals surface area (Å²) in [5, 5.41) is 5.17. The van der Waals surface area contributed by atoms with Crippen molar-refractivity contribution < 1.29 is 18.0 Å². The molecule has 6 nitrogen and oxygen atoms in total. The molecule has 0 spiro atoms. The molecule has 4 atom stereocenters. The standard InChI is InChI=1S/C18H20ClF3N4O2S/c1-25-9-23-6-12(25)3-2-10-4-14(29-16(10)19)17(27)24-11-5-13(20)18(28)26(7-11)8-15(21)22/h5,7,10,12,14-16,23H,4,6,8-9H2,1H3,(H,24,27). The zero-order chi connectivity index (χ0) is 21.1. The Morgan fingerprint density at radius 2 is 2.24 bits per heavy atom. The van der Waals surface area contributed by atoms with Crippen molar-refractivity contribution in [3.63, 3.8) is 0 Å². The number of nitrogens with one attached hydrogen (secondary N) is 2. The summed E-state index contributed by atoms with van der Waals surface area (Å²) in [6.07, 6.45) is -1.40. The van der Waals surface area contributed by atoms with E-state index in [1.165, 1.54) is 11.8 Å². The van der Waals surface area contributed by atoms with Gasteiger partial charge in [0.15, 0.2) is 5.82 Å². The quantitative estimate of drug-likeness (QED) is 0.542. The number of aromatic nitrogens is 1. The SMILES string of the molecule is CN1CNCC1C#CC1CC(C(=O)Nc2cc(F)c(=O)n(CC(F)F)c2)SC1Cl. The Bertz CT molecular complexity index is 888. The van der Waals surface area contributed by atoms with E-state index in [1.54, 1.807) is 0 Å². The van der Waals surface area contributed by atoms with E-state index in [0.717, 1.165) is 25.5 Å². The van der Waals surface area contributed by atoms with Crippen molar-refractivity contribution in [3.05, 3.63) is 28.4 Å². The molecule has 11 heteroatoms. The summed E-state index contributed by atoms with van der Waals surface area (Å²) >= 11 is 7.58. The third kappa shape index (κ3) is 5.48. The first-order chi connectivity index (χ1) is 13.7. The molecule has 3 rings (SSSR count). The lowest BCUT2D eigenvalue weighted by Crippen LogP contribution is -2.28. The van der Waals surface area contributed by atoms with Gasteiger partial charge in [0.1, 0.15) is 0 Å². The number of thioether (sulfide) groups is 1. The van der Waals surface area contributed by atoms with Gasteiger partial charge in [-0.2, -0.15) is 0 Å². The van der Waals surface area contributed by atoms with Crippen molar-refractivity contribution in [2.24, 2.45) is 5.92 Å². The number of alkyl halides is 3.